The predicted molar refractivity (Wildman–Crippen MR) is 76.0 cm³/mol. The molecule has 1 aliphatic heterocycles. The highest BCUT2D eigenvalue weighted by Gasteiger charge is 2.25. The van der Waals surface area contributed by atoms with Gasteiger partial charge in [0.2, 0.25) is 0 Å². The normalized spacial score (nSPS) is 14.9. The summed E-state index contributed by atoms with van der Waals surface area (Å²) < 4.78 is 0. The van der Waals surface area contributed by atoms with Gasteiger partial charge in [0, 0.05) is 23.9 Å². The SMILES string of the molecule is O=C1CCCN(C(=O)c2ccsc2)c2ccccc21. The lowest BCUT2D eigenvalue weighted by molar-refractivity contribution is 0.0974. The van der Waals surface area contributed by atoms with Gasteiger partial charge in [-0.3, -0.25) is 9.59 Å². The van der Waals surface area contributed by atoms with Gasteiger partial charge in [-0.25, -0.2) is 0 Å². The summed E-state index contributed by atoms with van der Waals surface area (Å²) in [4.78, 5) is 26.3. The van der Waals surface area contributed by atoms with Gasteiger partial charge in [-0.15, -0.1) is 0 Å². The molecule has 2 heterocycles. The minimum absolute atomic E-state index is 0.0246. The van der Waals surface area contributed by atoms with E-state index in [0.717, 1.165) is 5.69 Å². The fourth-order valence-electron chi connectivity index (χ4n) is 2.35. The van der Waals surface area contributed by atoms with Crippen LogP contribution < -0.4 is 4.90 Å². The molecule has 0 spiro atoms. The Labute approximate surface area is 115 Å². The van der Waals surface area contributed by atoms with Crippen LogP contribution in [0.4, 0.5) is 5.69 Å². The molecule has 0 saturated carbocycles. The lowest BCUT2D eigenvalue weighted by Gasteiger charge is -2.21. The first-order valence-electron chi connectivity index (χ1n) is 6.23. The second kappa shape index (κ2) is 4.97. The zero-order valence-electron chi connectivity index (χ0n) is 10.3. The Morgan fingerprint density at radius 2 is 2.05 bits per heavy atom. The van der Waals surface area contributed by atoms with Crippen LogP contribution in [-0.4, -0.2) is 18.2 Å². The van der Waals surface area contributed by atoms with E-state index in [1.165, 1.54) is 11.3 Å². The van der Waals surface area contributed by atoms with E-state index in [1.807, 2.05) is 35.0 Å². The largest absolute Gasteiger partial charge is 0.308 e. The van der Waals surface area contributed by atoms with Crippen LogP contribution in [0, 0.1) is 0 Å². The lowest BCUT2D eigenvalue weighted by Crippen LogP contribution is -2.31. The van der Waals surface area contributed by atoms with E-state index in [0.29, 0.717) is 30.5 Å². The number of carbonyl (C=O) groups excluding carboxylic acids is 2. The molecule has 0 bridgehead atoms. The standard InChI is InChI=1S/C15H13NO2S/c17-14-6-3-8-16(13-5-2-1-4-12(13)14)15(18)11-7-9-19-10-11/h1-2,4-5,7,9-10H,3,6,8H2. The van der Waals surface area contributed by atoms with E-state index in [2.05, 4.69) is 0 Å². The number of benzene rings is 1. The Kier molecular flexibility index (Phi) is 3.17. The van der Waals surface area contributed by atoms with E-state index >= 15 is 0 Å². The maximum absolute atomic E-state index is 12.5. The van der Waals surface area contributed by atoms with E-state index < -0.39 is 0 Å². The second-order valence-corrected chi connectivity index (χ2v) is 5.29. The maximum atomic E-state index is 12.5. The zero-order valence-corrected chi connectivity index (χ0v) is 11.2. The Hall–Kier alpha value is -1.94. The number of ketones is 1. The maximum Gasteiger partial charge on any atom is 0.259 e. The molecule has 0 saturated heterocycles. The van der Waals surface area contributed by atoms with E-state index in [-0.39, 0.29) is 11.7 Å². The first kappa shape index (κ1) is 12.1. The smallest absolute Gasteiger partial charge is 0.259 e. The van der Waals surface area contributed by atoms with Crippen LogP contribution in [0.3, 0.4) is 0 Å². The number of Topliss-reactive ketones (excluding diaryl/α,β-unsaturated/α-hetero) is 1. The first-order chi connectivity index (χ1) is 9.27. The molecule has 1 amide bonds. The third kappa shape index (κ3) is 2.19. The summed E-state index contributed by atoms with van der Waals surface area (Å²) in [6.07, 6.45) is 1.22. The van der Waals surface area contributed by atoms with Crippen molar-refractivity contribution in [2.45, 2.75) is 12.8 Å². The Bertz CT molecular complexity index is 619. The molecule has 3 nitrogen and oxygen atoms in total. The molecule has 1 aromatic heterocycles. The summed E-state index contributed by atoms with van der Waals surface area (Å²) in [7, 11) is 0. The van der Waals surface area contributed by atoms with Gasteiger partial charge in [0.1, 0.15) is 0 Å². The van der Waals surface area contributed by atoms with Crippen LogP contribution in [0.1, 0.15) is 33.6 Å². The number of fused-ring (bicyclic) bond motifs is 1. The molecule has 0 N–H and O–H groups in total. The highest BCUT2D eigenvalue weighted by atomic mass is 32.1. The molecule has 2 aromatic rings. The molecule has 0 fully saturated rings. The summed E-state index contributed by atoms with van der Waals surface area (Å²) in [5.41, 5.74) is 2.08. The Balaban J connectivity index is 2.04. The van der Waals surface area contributed by atoms with E-state index in [1.54, 1.807) is 11.0 Å². The summed E-state index contributed by atoms with van der Waals surface area (Å²) in [6.45, 7) is 0.595. The molecular formula is C15H13NO2S. The molecule has 0 unspecified atom stereocenters. The average molecular weight is 271 g/mol. The third-order valence-corrected chi connectivity index (χ3v) is 3.98. The number of thiophene rings is 1. The molecule has 0 radical (unpaired) electrons. The molecule has 1 aromatic carbocycles. The minimum Gasteiger partial charge on any atom is -0.308 e. The summed E-state index contributed by atoms with van der Waals surface area (Å²) in [5.74, 6) is 0.0969. The topological polar surface area (TPSA) is 37.4 Å². The highest BCUT2D eigenvalue weighted by Crippen LogP contribution is 2.27. The molecule has 3 rings (SSSR count). The summed E-state index contributed by atoms with van der Waals surface area (Å²) >= 11 is 1.50. The van der Waals surface area contributed by atoms with E-state index in [4.69, 9.17) is 0 Å². The van der Waals surface area contributed by atoms with Gasteiger partial charge in [-0.1, -0.05) is 12.1 Å². The number of para-hydroxylation sites is 1. The number of rotatable bonds is 1. The molecule has 0 aliphatic carbocycles. The third-order valence-electron chi connectivity index (χ3n) is 3.29. The van der Waals surface area contributed by atoms with Crippen LogP contribution >= 0.6 is 11.3 Å². The van der Waals surface area contributed by atoms with Gasteiger partial charge >= 0.3 is 0 Å². The quantitative estimate of drug-likeness (QED) is 0.797. The number of hydrogen-bond donors (Lipinski definition) is 0. The predicted octanol–water partition coefficient (Wildman–Crippen LogP) is 3.37. The van der Waals surface area contributed by atoms with E-state index in [9.17, 15) is 9.59 Å². The summed E-state index contributed by atoms with van der Waals surface area (Å²) in [5, 5.41) is 3.74. The van der Waals surface area contributed by atoms with Crippen LogP contribution in [0.5, 0.6) is 0 Å². The monoisotopic (exact) mass is 271 g/mol. The number of hydrogen-bond acceptors (Lipinski definition) is 3. The molecule has 96 valence electrons. The second-order valence-electron chi connectivity index (χ2n) is 4.51. The highest BCUT2D eigenvalue weighted by molar-refractivity contribution is 7.08. The van der Waals surface area contributed by atoms with Gasteiger partial charge in [-0.2, -0.15) is 11.3 Å². The van der Waals surface area contributed by atoms with Crippen molar-refractivity contribution in [3.63, 3.8) is 0 Å². The molecule has 0 atom stereocenters. The van der Waals surface area contributed by atoms with Crippen LogP contribution in [0.2, 0.25) is 0 Å². The van der Waals surface area contributed by atoms with Gasteiger partial charge in [0.25, 0.3) is 5.91 Å². The van der Waals surface area contributed by atoms with Crippen molar-refractivity contribution in [1.82, 2.24) is 0 Å². The van der Waals surface area contributed by atoms with Crippen LogP contribution in [0.25, 0.3) is 0 Å². The van der Waals surface area contributed by atoms with Crippen molar-refractivity contribution in [3.8, 4) is 0 Å². The summed E-state index contributed by atoms with van der Waals surface area (Å²) in [6, 6.07) is 9.18. The van der Waals surface area contributed by atoms with Gasteiger partial charge in [-0.05, 0) is 30.0 Å². The number of carbonyl (C=O) groups is 2. The number of anilines is 1. The first-order valence-corrected chi connectivity index (χ1v) is 7.18. The van der Waals surface area contributed by atoms with Crippen molar-refractivity contribution >= 4 is 28.7 Å². The molecule has 4 heteroatoms. The minimum atomic E-state index is -0.0246. The van der Waals surface area contributed by atoms with Gasteiger partial charge in [0.15, 0.2) is 5.78 Å². The average Bonchev–Trinajstić information content (AvgIpc) is 2.91. The van der Waals surface area contributed by atoms with Crippen molar-refractivity contribution in [2.24, 2.45) is 0 Å². The number of nitrogens with zero attached hydrogens (tertiary/aromatic N) is 1. The Morgan fingerprint density at radius 3 is 2.84 bits per heavy atom. The molecule has 19 heavy (non-hydrogen) atoms. The Morgan fingerprint density at radius 1 is 1.21 bits per heavy atom. The van der Waals surface area contributed by atoms with Gasteiger partial charge in [0.05, 0.1) is 11.3 Å². The fraction of sp³-hybridized carbons (Fsp3) is 0.200. The van der Waals surface area contributed by atoms with Crippen molar-refractivity contribution in [1.29, 1.82) is 0 Å². The lowest BCUT2D eigenvalue weighted by atomic mass is 10.1. The van der Waals surface area contributed by atoms with Crippen LogP contribution in [0.15, 0.2) is 41.1 Å². The number of amides is 1. The molecule has 1 aliphatic rings. The van der Waals surface area contributed by atoms with Crippen molar-refractivity contribution in [2.75, 3.05) is 11.4 Å². The fourth-order valence-corrected chi connectivity index (χ4v) is 2.98. The van der Waals surface area contributed by atoms with Crippen molar-refractivity contribution < 1.29 is 9.59 Å². The van der Waals surface area contributed by atoms with Gasteiger partial charge < -0.3 is 4.90 Å². The van der Waals surface area contributed by atoms with Crippen LogP contribution in [-0.2, 0) is 0 Å². The zero-order chi connectivity index (χ0) is 13.2. The van der Waals surface area contributed by atoms with Crippen molar-refractivity contribution in [3.05, 3.63) is 52.2 Å². The molecular weight excluding hydrogens is 258 g/mol.